The summed E-state index contributed by atoms with van der Waals surface area (Å²) in [6.45, 7) is 4.73. The number of anilines is 1. The number of benzene rings is 4. The maximum Gasteiger partial charge on any atom is 0.430 e. The summed E-state index contributed by atoms with van der Waals surface area (Å²) in [6.07, 6.45) is -4.06. The van der Waals surface area contributed by atoms with Gasteiger partial charge in [0.1, 0.15) is 18.6 Å². The average molecular weight is 763 g/mol. The van der Waals surface area contributed by atoms with Crippen LogP contribution in [0.3, 0.4) is 0 Å². The molecule has 0 saturated carbocycles. The molecule has 4 aromatic rings. The molecular formula is C40H41F3N4O8. The number of halogens is 3. The maximum atomic E-state index is 13.8. The summed E-state index contributed by atoms with van der Waals surface area (Å²) in [6, 6.07) is 29.2. The molecule has 15 heteroatoms. The summed E-state index contributed by atoms with van der Waals surface area (Å²) in [5.74, 6) is -2.15. The lowest BCUT2D eigenvalue weighted by Gasteiger charge is -2.30. The van der Waals surface area contributed by atoms with Gasteiger partial charge in [0.15, 0.2) is 11.5 Å². The number of carboxylic acid groups (broad SMARTS) is 1. The number of likely N-dealkylation sites (tertiary alicyclic amines) is 1. The van der Waals surface area contributed by atoms with E-state index < -0.39 is 30.2 Å². The van der Waals surface area contributed by atoms with E-state index >= 15 is 0 Å². The highest BCUT2D eigenvalue weighted by Crippen LogP contribution is 2.34. The zero-order chi connectivity index (χ0) is 39.6. The number of nitrogens with zero attached hydrogens (tertiary/aromatic N) is 1. The van der Waals surface area contributed by atoms with Crippen LogP contribution in [0, 0.1) is 0 Å². The van der Waals surface area contributed by atoms with Gasteiger partial charge in [-0.3, -0.25) is 4.79 Å². The Morgan fingerprint density at radius 2 is 1.53 bits per heavy atom. The molecule has 55 heavy (non-hydrogen) atoms. The number of aliphatic carboxylic acids is 1. The van der Waals surface area contributed by atoms with Crippen molar-refractivity contribution >= 4 is 29.6 Å². The molecule has 3 atom stereocenters. The number of ether oxygens (including phenoxy) is 3. The largest absolute Gasteiger partial charge is 0.542 e. The molecule has 2 aliphatic rings. The summed E-state index contributed by atoms with van der Waals surface area (Å²) in [5.41, 5.74) is 5.12. The Morgan fingerprint density at radius 3 is 2.18 bits per heavy atom. The number of nitrogens with one attached hydrogen (secondary N) is 3. The van der Waals surface area contributed by atoms with Gasteiger partial charge < -0.3 is 44.5 Å². The fourth-order valence-corrected chi connectivity index (χ4v) is 6.36. The highest BCUT2D eigenvalue weighted by atomic mass is 19.4. The zero-order valence-electron chi connectivity index (χ0n) is 30.2. The molecule has 12 nitrogen and oxygen atoms in total. The van der Waals surface area contributed by atoms with E-state index in [0.29, 0.717) is 17.7 Å². The molecule has 3 N–H and O–H groups in total. The van der Waals surface area contributed by atoms with Gasteiger partial charge >= 0.3 is 18.2 Å². The van der Waals surface area contributed by atoms with Crippen LogP contribution in [-0.2, 0) is 27.3 Å². The Bertz CT molecular complexity index is 1960. The van der Waals surface area contributed by atoms with E-state index in [2.05, 4.69) is 41.2 Å². The van der Waals surface area contributed by atoms with Gasteiger partial charge in [-0.2, -0.15) is 13.2 Å². The molecule has 2 aliphatic heterocycles. The third kappa shape index (κ3) is 11.5. The predicted molar refractivity (Wildman–Crippen MR) is 194 cm³/mol. The van der Waals surface area contributed by atoms with Crippen molar-refractivity contribution in [2.24, 2.45) is 0 Å². The van der Waals surface area contributed by atoms with E-state index in [9.17, 15) is 27.6 Å². The van der Waals surface area contributed by atoms with Crippen LogP contribution in [-0.4, -0.2) is 80.2 Å². The molecule has 3 amide bonds. The van der Waals surface area contributed by atoms with Gasteiger partial charge in [0.2, 0.25) is 12.7 Å². The minimum Gasteiger partial charge on any atom is -0.542 e. The van der Waals surface area contributed by atoms with E-state index in [1.54, 1.807) is 31.2 Å². The van der Waals surface area contributed by atoms with Gasteiger partial charge in [-0.25, -0.2) is 9.59 Å². The van der Waals surface area contributed by atoms with E-state index in [1.807, 2.05) is 54.6 Å². The lowest BCUT2D eigenvalue weighted by Crippen LogP contribution is -2.53. The van der Waals surface area contributed by atoms with Crippen molar-refractivity contribution < 1.29 is 56.1 Å². The number of likely N-dealkylation sites (N-methyl/N-ethyl adjacent to an activating group) is 1. The lowest BCUT2D eigenvalue weighted by molar-refractivity contribution is -0.911. The van der Waals surface area contributed by atoms with Crippen molar-refractivity contribution in [1.29, 1.82) is 0 Å². The number of hydrogen-bond acceptors (Lipinski definition) is 8. The molecule has 1 saturated heterocycles. The number of amides is 3. The topological polar surface area (TPSA) is 155 Å². The predicted octanol–water partition coefficient (Wildman–Crippen LogP) is 4.83. The highest BCUT2D eigenvalue weighted by molar-refractivity contribution is 5.95. The van der Waals surface area contributed by atoms with Crippen molar-refractivity contribution in [3.8, 4) is 22.6 Å². The minimum absolute atomic E-state index is 0.0419. The first-order valence-corrected chi connectivity index (χ1v) is 17.5. The maximum absolute atomic E-state index is 13.8. The second-order valence-corrected chi connectivity index (χ2v) is 13.4. The Balaban J connectivity index is 0.000000757. The molecule has 1 fully saturated rings. The number of carbonyl (C=O) groups is 4. The monoisotopic (exact) mass is 762 g/mol. The number of carbonyl (C=O) groups excluding carboxylic acids is 4. The van der Waals surface area contributed by atoms with Crippen molar-refractivity contribution in [3.63, 3.8) is 0 Å². The Morgan fingerprint density at radius 1 is 0.891 bits per heavy atom. The molecule has 0 aromatic heterocycles. The second kappa shape index (κ2) is 17.8. The summed E-state index contributed by atoms with van der Waals surface area (Å²) in [5, 5.41) is 17.7. The number of quaternary nitrogens is 1. The normalized spacial score (nSPS) is 17.6. The zero-order valence-corrected chi connectivity index (χ0v) is 30.2. The van der Waals surface area contributed by atoms with Crippen molar-refractivity contribution in [1.82, 2.24) is 10.6 Å². The van der Waals surface area contributed by atoms with Gasteiger partial charge in [0.05, 0.1) is 38.3 Å². The van der Waals surface area contributed by atoms with Crippen LogP contribution in [0.15, 0.2) is 97.1 Å². The summed E-state index contributed by atoms with van der Waals surface area (Å²) >= 11 is 0. The van der Waals surface area contributed by atoms with E-state index in [-0.39, 0.29) is 25.3 Å². The smallest absolute Gasteiger partial charge is 0.430 e. The van der Waals surface area contributed by atoms with Gasteiger partial charge in [-0.1, -0.05) is 54.6 Å². The number of rotatable bonds is 11. The van der Waals surface area contributed by atoms with Crippen molar-refractivity contribution in [2.45, 2.75) is 44.6 Å². The van der Waals surface area contributed by atoms with E-state index in [1.165, 1.54) is 0 Å². The Hall–Kier alpha value is -6.09. The molecule has 0 aliphatic carbocycles. The summed E-state index contributed by atoms with van der Waals surface area (Å²) < 4.78 is 48.4. The van der Waals surface area contributed by atoms with Gasteiger partial charge in [0, 0.05) is 24.1 Å². The SMILES string of the molecule is CCOC(=O)c1ccc(NC(=O)N[C@@H](Cc2ccc(-c3ccccc3)cc2)C(=O)N[C@H]2CC[N+](C)(Cc3ccc4c(c3)OCO4)C2)cc1.O=C([O-])C(F)(F)F. The first-order valence-electron chi connectivity index (χ1n) is 17.5. The third-order valence-electron chi connectivity index (χ3n) is 9.03. The molecule has 0 radical (unpaired) electrons. The third-order valence-corrected chi connectivity index (χ3v) is 9.03. The van der Waals surface area contributed by atoms with Crippen LogP contribution >= 0.6 is 0 Å². The number of urea groups is 1. The van der Waals surface area contributed by atoms with Gasteiger partial charge in [-0.15, -0.1) is 0 Å². The average Bonchev–Trinajstić information content (AvgIpc) is 3.77. The summed E-state index contributed by atoms with van der Waals surface area (Å²) in [4.78, 5) is 47.8. The number of esters is 1. The fraction of sp³-hybridized carbons (Fsp3) is 0.300. The first kappa shape index (κ1) is 40.1. The number of fused-ring (bicyclic) bond motifs is 1. The number of hydrogen-bond donors (Lipinski definition) is 3. The standard InChI is InChI=1S/C38H40N4O6.C2HF3O2/c1-3-46-37(44)30-14-16-31(17-15-30)40-38(45)41-33(21-26-9-12-29(13-10-26)28-7-5-4-6-8-28)36(43)39-32-19-20-42(2,24-32)23-27-11-18-34-35(22-27)48-25-47-34;3-2(4,5)1(6)7/h4-18,22,32-33H,3,19-21,23-25H2,1-2H3,(H2-,39,40,41,43,44,45);(H,6,7)/t32-,33-,42?;/m0./s1. The second-order valence-electron chi connectivity index (χ2n) is 13.4. The number of alkyl halides is 3. The molecule has 0 spiro atoms. The quantitative estimate of drug-likeness (QED) is 0.145. The van der Waals surface area contributed by atoms with Crippen molar-refractivity contribution in [3.05, 3.63) is 114 Å². The van der Waals surface area contributed by atoms with Crippen LogP contribution in [0.1, 0.15) is 34.8 Å². The van der Waals surface area contributed by atoms with Gasteiger partial charge in [0.25, 0.3) is 0 Å². The van der Waals surface area contributed by atoms with Crippen molar-refractivity contribution in [2.75, 3.05) is 38.9 Å². The molecule has 0 bridgehead atoms. The molecule has 6 rings (SSSR count). The van der Waals surface area contributed by atoms with Gasteiger partial charge in [-0.05, 0) is 66.1 Å². The van der Waals surface area contributed by atoms with Crippen LogP contribution < -0.4 is 30.5 Å². The molecule has 4 aromatic carbocycles. The first-order chi connectivity index (χ1) is 26.2. The highest BCUT2D eigenvalue weighted by Gasteiger charge is 2.37. The molecule has 290 valence electrons. The molecule has 1 unspecified atom stereocenters. The lowest BCUT2D eigenvalue weighted by atomic mass is 10.00. The summed E-state index contributed by atoms with van der Waals surface area (Å²) in [7, 11) is 2.20. The fourth-order valence-electron chi connectivity index (χ4n) is 6.36. The minimum atomic E-state index is -5.19. The van der Waals surface area contributed by atoms with Crippen LogP contribution in [0.5, 0.6) is 11.5 Å². The van der Waals surface area contributed by atoms with Crippen LogP contribution in [0.2, 0.25) is 0 Å². The van der Waals surface area contributed by atoms with Crippen LogP contribution in [0.25, 0.3) is 11.1 Å². The van der Waals surface area contributed by atoms with E-state index in [0.717, 1.165) is 64.3 Å². The molecular weight excluding hydrogens is 721 g/mol. The van der Waals surface area contributed by atoms with Crippen LogP contribution in [0.4, 0.5) is 23.7 Å². The molecule has 2 heterocycles. The Kier molecular flexibility index (Phi) is 13.0. The Labute approximate surface area is 315 Å². The van der Waals surface area contributed by atoms with E-state index in [4.69, 9.17) is 24.1 Å². The number of carboxylic acids is 1.